The highest BCUT2D eigenvalue weighted by Crippen LogP contribution is 2.18. The fraction of sp³-hybridized carbons (Fsp3) is 0.429. The zero-order valence-corrected chi connectivity index (χ0v) is 12.3. The summed E-state index contributed by atoms with van der Waals surface area (Å²) in [4.78, 5) is 13.8. The van der Waals surface area contributed by atoms with Gasteiger partial charge in [0, 0.05) is 24.0 Å². The summed E-state index contributed by atoms with van der Waals surface area (Å²) >= 11 is 5.78. The van der Waals surface area contributed by atoms with Gasteiger partial charge in [0.25, 0.3) is 5.91 Å². The minimum absolute atomic E-state index is 0.0372. The molecule has 3 N–H and O–H groups in total. The average molecular weight is 312 g/mol. The molecule has 1 aromatic rings. The SMILES string of the molecule is NC(=NO)C1CCCN(C(=O)COc2ccc(Cl)cc2)C1. The van der Waals surface area contributed by atoms with Gasteiger partial charge in [-0.25, -0.2) is 0 Å². The molecule has 1 amide bonds. The first-order valence-electron chi connectivity index (χ1n) is 6.73. The van der Waals surface area contributed by atoms with E-state index in [-0.39, 0.29) is 24.3 Å². The molecule has 1 fully saturated rings. The molecule has 1 heterocycles. The van der Waals surface area contributed by atoms with Crippen LogP contribution >= 0.6 is 11.6 Å². The summed E-state index contributed by atoms with van der Waals surface area (Å²) in [6.07, 6.45) is 1.64. The zero-order valence-electron chi connectivity index (χ0n) is 11.5. The lowest BCUT2D eigenvalue weighted by atomic mass is 9.97. The van der Waals surface area contributed by atoms with Gasteiger partial charge in [0.2, 0.25) is 0 Å². The molecule has 0 aliphatic carbocycles. The molecule has 7 heteroatoms. The lowest BCUT2D eigenvalue weighted by Gasteiger charge is -2.32. The monoisotopic (exact) mass is 311 g/mol. The third-order valence-electron chi connectivity index (χ3n) is 3.48. The molecular weight excluding hydrogens is 294 g/mol. The largest absolute Gasteiger partial charge is 0.484 e. The number of benzene rings is 1. The number of nitrogens with zero attached hydrogens (tertiary/aromatic N) is 2. The van der Waals surface area contributed by atoms with E-state index in [1.807, 2.05) is 0 Å². The number of carbonyl (C=O) groups excluding carboxylic acids is 1. The van der Waals surface area contributed by atoms with Crippen molar-refractivity contribution in [1.82, 2.24) is 4.90 Å². The van der Waals surface area contributed by atoms with Crippen molar-refractivity contribution in [3.63, 3.8) is 0 Å². The Morgan fingerprint density at radius 1 is 1.48 bits per heavy atom. The van der Waals surface area contributed by atoms with Crippen LogP contribution in [0.2, 0.25) is 5.02 Å². The number of halogens is 1. The summed E-state index contributed by atoms with van der Waals surface area (Å²) in [6.45, 7) is 1.08. The van der Waals surface area contributed by atoms with Crippen LogP contribution in [0.3, 0.4) is 0 Å². The third kappa shape index (κ3) is 4.26. The van der Waals surface area contributed by atoms with E-state index in [2.05, 4.69) is 5.16 Å². The van der Waals surface area contributed by atoms with Crippen molar-refractivity contribution in [3.05, 3.63) is 29.3 Å². The Hall–Kier alpha value is -1.95. The maximum atomic E-state index is 12.1. The van der Waals surface area contributed by atoms with Crippen molar-refractivity contribution in [1.29, 1.82) is 0 Å². The quantitative estimate of drug-likeness (QED) is 0.383. The molecule has 2 rings (SSSR count). The number of hydrogen-bond donors (Lipinski definition) is 2. The Labute approximate surface area is 128 Å². The van der Waals surface area contributed by atoms with Gasteiger partial charge in [-0.1, -0.05) is 16.8 Å². The molecule has 0 spiro atoms. The van der Waals surface area contributed by atoms with E-state index < -0.39 is 0 Å². The topological polar surface area (TPSA) is 88.2 Å². The van der Waals surface area contributed by atoms with E-state index >= 15 is 0 Å². The van der Waals surface area contributed by atoms with E-state index in [1.165, 1.54) is 0 Å². The number of nitrogens with two attached hydrogens (primary N) is 1. The van der Waals surface area contributed by atoms with Gasteiger partial charge in [-0.2, -0.15) is 0 Å². The molecule has 1 unspecified atom stereocenters. The van der Waals surface area contributed by atoms with Crippen molar-refractivity contribution in [3.8, 4) is 5.75 Å². The summed E-state index contributed by atoms with van der Waals surface area (Å²) in [5.41, 5.74) is 5.61. The molecule has 0 radical (unpaired) electrons. The van der Waals surface area contributed by atoms with Crippen LogP contribution in [0, 0.1) is 5.92 Å². The number of oxime groups is 1. The molecule has 1 aliphatic rings. The third-order valence-corrected chi connectivity index (χ3v) is 3.74. The number of ether oxygens (including phenoxy) is 1. The van der Waals surface area contributed by atoms with Crippen molar-refractivity contribution >= 4 is 23.3 Å². The van der Waals surface area contributed by atoms with Gasteiger partial charge < -0.3 is 20.6 Å². The minimum atomic E-state index is -0.111. The normalized spacial score (nSPS) is 19.4. The van der Waals surface area contributed by atoms with Gasteiger partial charge in [-0.3, -0.25) is 4.79 Å². The molecule has 1 aliphatic heterocycles. The highest BCUT2D eigenvalue weighted by Gasteiger charge is 2.26. The smallest absolute Gasteiger partial charge is 0.260 e. The fourth-order valence-corrected chi connectivity index (χ4v) is 2.42. The summed E-state index contributed by atoms with van der Waals surface area (Å²) in [6, 6.07) is 6.84. The molecular formula is C14H18ClN3O3. The van der Waals surface area contributed by atoms with Crippen LogP contribution in [0.25, 0.3) is 0 Å². The Morgan fingerprint density at radius 3 is 2.86 bits per heavy atom. The lowest BCUT2D eigenvalue weighted by molar-refractivity contribution is -0.134. The molecule has 1 aromatic carbocycles. The Bertz CT molecular complexity index is 519. The predicted molar refractivity (Wildman–Crippen MR) is 79.7 cm³/mol. The van der Waals surface area contributed by atoms with E-state index in [0.29, 0.717) is 23.9 Å². The molecule has 0 aromatic heterocycles. The summed E-state index contributed by atoms with van der Waals surface area (Å²) in [5, 5.41) is 12.3. The van der Waals surface area contributed by atoms with Crippen LogP contribution in [0.4, 0.5) is 0 Å². The van der Waals surface area contributed by atoms with Crippen molar-refractivity contribution in [2.45, 2.75) is 12.8 Å². The van der Waals surface area contributed by atoms with Crippen LogP contribution in [0.15, 0.2) is 29.4 Å². The Morgan fingerprint density at radius 2 is 2.19 bits per heavy atom. The second-order valence-electron chi connectivity index (χ2n) is 4.95. The molecule has 1 saturated heterocycles. The number of piperidine rings is 1. The Kier molecular flexibility index (Phi) is 5.27. The lowest BCUT2D eigenvalue weighted by Crippen LogP contribution is -2.45. The molecule has 0 bridgehead atoms. The van der Waals surface area contributed by atoms with Crippen LogP contribution in [0.5, 0.6) is 5.75 Å². The maximum Gasteiger partial charge on any atom is 0.260 e. The molecule has 114 valence electrons. The summed E-state index contributed by atoms with van der Waals surface area (Å²) < 4.78 is 5.44. The molecule has 1 atom stereocenters. The standard InChI is InChI=1S/C14H18ClN3O3/c15-11-3-5-12(6-4-11)21-9-13(19)18-7-1-2-10(8-18)14(16)17-20/h3-6,10,20H,1-2,7-9H2,(H2,16,17). The predicted octanol–water partition coefficient (Wildman–Crippen LogP) is 1.70. The summed E-state index contributed by atoms with van der Waals surface area (Å²) in [7, 11) is 0. The molecule has 0 saturated carbocycles. The number of amides is 1. The van der Waals surface area contributed by atoms with Crippen molar-refractivity contribution in [2.75, 3.05) is 19.7 Å². The van der Waals surface area contributed by atoms with Gasteiger partial charge in [0.15, 0.2) is 6.61 Å². The number of likely N-dealkylation sites (tertiary alicyclic amines) is 1. The zero-order chi connectivity index (χ0) is 15.2. The van der Waals surface area contributed by atoms with Crippen molar-refractivity contribution in [2.24, 2.45) is 16.8 Å². The van der Waals surface area contributed by atoms with E-state index in [9.17, 15) is 4.79 Å². The van der Waals surface area contributed by atoms with Gasteiger partial charge >= 0.3 is 0 Å². The van der Waals surface area contributed by atoms with Crippen molar-refractivity contribution < 1.29 is 14.7 Å². The van der Waals surface area contributed by atoms with E-state index in [4.69, 9.17) is 27.3 Å². The molecule has 6 nitrogen and oxygen atoms in total. The summed E-state index contributed by atoms with van der Waals surface area (Å²) in [5.74, 6) is 0.562. The van der Waals surface area contributed by atoms with Crippen LogP contribution < -0.4 is 10.5 Å². The van der Waals surface area contributed by atoms with Gasteiger partial charge in [0.05, 0.1) is 0 Å². The van der Waals surface area contributed by atoms with Crippen LogP contribution in [-0.2, 0) is 4.79 Å². The number of amidine groups is 1. The van der Waals surface area contributed by atoms with Crippen LogP contribution in [-0.4, -0.2) is 41.5 Å². The first-order chi connectivity index (χ1) is 10.1. The highest BCUT2D eigenvalue weighted by atomic mass is 35.5. The van der Waals surface area contributed by atoms with E-state index in [0.717, 1.165) is 12.8 Å². The van der Waals surface area contributed by atoms with E-state index in [1.54, 1.807) is 29.2 Å². The van der Waals surface area contributed by atoms with Gasteiger partial charge in [0.1, 0.15) is 11.6 Å². The van der Waals surface area contributed by atoms with Crippen LogP contribution in [0.1, 0.15) is 12.8 Å². The first-order valence-corrected chi connectivity index (χ1v) is 7.11. The fourth-order valence-electron chi connectivity index (χ4n) is 2.29. The maximum absolute atomic E-state index is 12.1. The minimum Gasteiger partial charge on any atom is -0.484 e. The number of hydrogen-bond acceptors (Lipinski definition) is 4. The highest BCUT2D eigenvalue weighted by molar-refractivity contribution is 6.30. The number of rotatable bonds is 4. The van der Waals surface area contributed by atoms with Gasteiger partial charge in [-0.05, 0) is 37.1 Å². The average Bonchev–Trinajstić information content (AvgIpc) is 2.53. The second kappa shape index (κ2) is 7.17. The first kappa shape index (κ1) is 15.4. The Balaban J connectivity index is 1.86. The number of carbonyl (C=O) groups is 1. The second-order valence-corrected chi connectivity index (χ2v) is 5.38. The molecule has 21 heavy (non-hydrogen) atoms. The van der Waals surface area contributed by atoms with Gasteiger partial charge in [-0.15, -0.1) is 0 Å².